The summed E-state index contributed by atoms with van der Waals surface area (Å²) in [6, 6.07) is 9.49. The maximum Gasteiger partial charge on any atom is 0.280 e. The van der Waals surface area contributed by atoms with E-state index in [0.29, 0.717) is 47.2 Å². The van der Waals surface area contributed by atoms with Crippen molar-refractivity contribution in [2.24, 2.45) is 7.05 Å². The number of carbonyl (C=O) groups is 1. The topological polar surface area (TPSA) is 100 Å². The lowest BCUT2D eigenvalue weighted by atomic mass is 10.2. The molecular weight excluding hydrogens is 402 g/mol. The zero-order valence-corrected chi connectivity index (χ0v) is 17.5. The molecule has 8 nitrogen and oxygen atoms in total. The Kier molecular flexibility index (Phi) is 4.59. The molecule has 3 aromatic rings. The zero-order chi connectivity index (χ0) is 20.9. The third-order valence-corrected chi connectivity index (χ3v) is 6.87. The standard InChI is InChI=1S/C21H23N5O3S/c1-25-18(28)15-17(24-19(25)21(29)9-10-21)30-20(23-15)26-11-5-8-14(26)16(27)22-12-13-6-3-2-4-7-13/h2-4,6-7,14,29H,5,8-12H2,1H3,(H,22,27)/t14-/m1/s1. The molecule has 1 aliphatic heterocycles. The lowest BCUT2D eigenvalue weighted by molar-refractivity contribution is -0.122. The zero-order valence-electron chi connectivity index (χ0n) is 16.7. The third-order valence-electron chi connectivity index (χ3n) is 5.88. The highest BCUT2D eigenvalue weighted by molar-refractivity contribution is 7.21. The van der Waals surface area contributed by atoms with Gasteiger partial charge in [-0.1, -0.05) is 41.7 Å². The van der Waals surface area contributed by atoms with Gasteiger partial charge in [-0.2, -0.15) is 0 Å². The van der Waals surface area contributed by atoms with E-state index >= 15 is 0 Å². The van der Waals surface area contributed by atoms with Crippen molar-refractivity contribution in [3.8, 4) is 0 Å². The van der Waals surface area contributed by atoms with Crippen LogP contribution in [0.5, 0.6) is 0 Å². The predicted octanol–water partition coefficient (Wildman–Crippen LogP) is 1.66. The highest BCUT2D eigenvalue weighted by Gasteiger charge is 2.46. The van der Waals surface area contributed by atoms with Crippen LogP contribution in [0, 0.1) is 0 Å². The number of thiazole rings is 1. The van der Waals surface area contributed by atoms with Crippen LogP contribution in [0.3, 0.4) is 0 Å². The highest BCUT2D eigenvalue weighted by atomic mass is 32.1. The Morgan fingerprint density at radius 3 is 2.80 bits per heavy atom. The number of nitrogens with zero attached hydrogens (tertiary/aromatic N) is 4. The maximum atomic E-state index is 12.8. The molecule has 9 heteroatoms. The first-order chi connectivity index (χ1) is 14.5. The van der Waals surface area contributed by atoms with Crippen LogP contribution in [0.25, 0.3) is 10.3 Å². The molecule has 0 radical (unpaired) electrons. The van der Waals surface area contributed by atoms with Gasteiger partial charge in [-0.3, -0.25) is 14.2 Å². The van der Waals surface area contributed by atoms with E-state index in [1.165, 1.54) is 15.9 Å². The molecule has 1 aromatic carbocycles. The normalized spacial score (nSPS) is 19.9. The van der Waals surface area contributed by atoms with Crippen LogP contribution in [0.2, 0.25) is 0 Å². The van der Waals surface area contributed by atoms with Crippen molar-refractivity contribution in [2.45, 2.75) is 43.9 Å². The molecule has 2 N–H and O–H groups in total. The van der Waals surface area contributed by atoms with Crippen LogP contribution in [-0.4, -0.2) is 38.1 Å². The third kappa shape index (κ3) is 3.27. The molecule has 2 aromatic heterocycles. The predicted molar refractivity (Wildman–Crippen MR) is 114 cm³/mol. The Hall–Kier alpha value is -2.78. The highest BCUT2D eigenvalue weighted by Crippen LogP contribution is 2.44. The first-order valence-corrected chi connectivity index (χ1v) is 11.0. The largest absolute Gasteiger partial charge is 0.382 e. The van der Waals surface area contributed by atoms with Crippen LogP contribution in [-0.2, 0) is 24.0 Å². The van der Waals surface area contributed by atoms with Crippen molar-refractivity contribution in [3.05, 3.63) is 52.1 Å². The van der Waals surface area contributed by atoms with Gasteiger partial charge in [0.2, 0.25) is 5.91 Å². The Bertz CT molecular complexity index is 1170. The summed E-state index contributed by atoms with van der Waals surface area (Å²) in [5, 5.41) is 14.1. The second-order valence-corrected chi connectivity index (χ2v) is 8.99. The maximum absolute atomic E-state index is 12.8. The van der Waals surface area contributed by atoms with Crippen LogP contribution in [0.1, 0.15) is 37.1 Å². The average Bonchev–Trinajstić information content (AvgIpc) is 3.17. The first kappa shape index (κ1) is 19.2. The fourth-order valence-corrected chi connectivity index (χ4v) is 5.00. The number of aromatic nitrogens is 3. The second kappa shape index (κ2) is 7.17. The van der Waals surface area contributed by atoms with Gasteiger partial charge in [0.05, 0.1) is 0 Å². The number of fused-ring (bicyclic) bond motifs is 1. The van der Waals surface area contributed by atoms with Crippen molar-refractivity contribution in [2.75, 3.05) is 11.4 Å². The van der Waals surface area contributed by atoms with E-state index in [4.69, 9.17) is 0 Å². The number of amides is 1. The van der Waals surface area contributed by atoms with E-state index in [1.807, 2.05) is 35.2 Å². The smallest absolute Gasteiger partial charge is 0.280 e. The minimum atomic E-state index is -1.00. The summed E-state index contributed by atoms with van der Waals surface area (Å²) < 4.78 is 1.40. The van der Waals surface area contributed by atoms with Gasteiger partial charge in [0, 0.05) is 20.1 Å². The molecule has 5 rings (SSSR count). The number of rotatable bonds is 5. The van der Waals surface area contributed by atoms with Crippen LogP contribution in [0.4, 0.5) is 5.13 Å². The van der Waals surface area contributed by atoms with Gasteiger partial charge in [0.1, 0.15) is 17.5 Å². The van der Waals surface area contributed by atoms with Gasteiger partial charge >= 0.3 is 0 Å². The summed E-state index contributed by atoms with van der Waals surface area (Å²) in [6.07, 6.45) is 2.85. The van der Waals surface area contributed by atoms with Gasteiger partial charge < -0.3 is 15.3 Å². The molecule has 3 heterocycles. The average molecular weight is 426 g/mol. The molecule has 156 valence electrons. The SMILES string of the molecule is Cn1c(C2(O)CC2)nc2sc(N3CCC[C@@H]3C(=O)NCc3ccccc3)nc2c1=O. The molecule has 1 amide bonds. The second-order valence-electron chi connectivity index (χ2n) is 8.04. The Morgan fingerprint density at radius 1 is 1.30 bits per heavy atom. The molecule has 1 saturated heterocycles. The first-order valence-electron chi connectivity index (χ1n) is 10.1. The number of carbonyl (C=O) groups excluding carboxylic acids is 1. The molecule has 1 aliphatic carbocycles. The molecular formula is C21H23N5O3S. The summed E-state index contributed by atoms with van der Waals surface area (Å²) in [7, 11) is 1.62. The molecule has 30 heavy (non-hydrogen) atoms. The molecule has 2 aliphatic rings. The summed E-state index contributed by atoms with van der Waals surface area (Å²) in [6.45, 7) is 1.19. The van der Waals surface area contributed by atoms with Gasteiger partial charge in [0.25, 0.3) is 5.56 Å². The van der Waals surface area contributed by atoms with E-state index in [1.54, 1.807) is 7.05 Å². The number of anilines is 1. The summed E-state index contributed by atoms with van der Waals surface area (Å²) in [5.74, 6) is 0.359. The van der Waals surface area contributed by atoms with E-state index < -0.39 is 5.60 Å². The Labute approximate surface area is 177 Å². The van der Waals surface area contributed by atoms with E-state index in [9.17, 15) is 14.7 Å². The molecule has 0 bridgehead atoms. The van der Waals surface area contributed by atoms with E-state index in [0.717, 1.165) is 18.4 Å². The van der Waals surface area contributed by atoms with Gasteiger partial charge in [0.15, 0.2) is 15.5 Å². The van der Waals surface area contributed by atoms with Gasteiger partial charge in [-0.05, 0) is 31.2 Å². The lowest BCUT2D eigenvalue weighted by Gasteiger charge is -2.23. The van der Waals surface area contributed by atoms with Crippen LogP contribution >= 0.6 is 11.3 Å². The van der Waals surface area contributed by atoms with Gasteiger partial charge in [-0.15, -0.1) is 0 Å². The van der Waals surface area contributed by atoms with E-state index in [2.05, 4.69) is 15.3 Å². The van der Waals surface area contributed by atoms with Crippen molar-refractivity contribution in [1.29, 1.82) is 0 Å². The number of hydrogen-bond acceptors (Lipinski definition) is 7. The van der Waals surface area contributed by atoms with Crippen LogP contribution in [0.15, 0.2) is 35.1 Å². The Morgan fingerprint density at radius 2 is 2.07 bits per heavy atom. The quantitative estimate of drug-likeness (QED) is 0.645. The molecule has 0 spiro atoms. The minimum Gasteiger partial charge on any atom is -0.382 e. The fraction of sp³-hybridized carbons (Fsp3) is 0.429. The molecule has 0 unspecified atom stereocenters. The number of aliphatic hydroxyl groups is 1. The molecule has 1 saturated carbocycles. The fourth-order valence-electron chi connectivity index (χ4n) is 3.99. The van der Waals surface area contributed by atoms with Gasteiger partial charge in [-0.25, -0.2) is 9.97 Å². The van der Waals surface area contributed by atoms with Crippen molar-refractivity contribution < 1.29 is 9.90 Å². The van der Waals surface area contributed by atoms with Crippen molar-refractivity contribution >= 4 is 32.7 Å². The minimum absolute atomic E-state index is 0.0375. The van der Waals surface area contributed by atoms with E-state index in [-0.39, 0.29) is 17.5 Å². The number of benzene rings is 1. The number of nitrogens with one attached hydrogen (secondary N) is 1. The number of hydrogen-bond donors (Lipinski definition) is 2. The summed E-state index contributed by atoms with van der Waals surface area (Å²) in [5.41, 5.74) is 0.0799. The summed E-state index contributed by atoms with van der Waals surface area (Å²) >= 11 is 1.31. The molecule has 1 atom stereocenters. The van der Waals surface area contributed by atoms with Crippen molar-refractivity contribution in [1.82, 2.24) is 19.9 Å². The lowest BCUT2D eigenvalue weighted by Crippen LogP contribution is -2.43. The van der Waals surface area contributed by atoms with Crippen molar-refractivity contribution in [3.63, 3.8) is 0 Å². The molecule has 2 fully saturated rings. The Balaban J connectivity index is 1.40. The summed E-state index contributed by atoms with van der Waals surface area (Å²) in [4.78, 5) is 37.2. The van der Waals surface area contributed by atoms with Crippen LogP contribution < -0.4 is 15.8 Å². The monoisotopic (exact) mass is 425 g/mol.